The van der Waals surface area contributed by atoms with Crippen LogP contribution in [0, 0.1) is 11.7 Å². The Hall–Kier alpha value is -0.640. The van der Waals surface area contributed by atoms with E-state index in [4.69, 9.17) is 11.6 Å². The van der Waals surface area contributed by atoms with E-state index in [9.17, 15) is 9.50 Å². The van der Waals surface area contributed by atoms with Gasteiger partial charge in [0.15, 0.2) is 0 Å². The van der Waals surface area contributed by atoms with E-state index in [-0.39, 0.29) is 5.82 Å². The summed E-state index contributed by atoms with van der Waals surface area (Å²) in [4.78, 5) is 2.36. The Bertz CT molecular complexity index is 436. The smallest absolute Gasteiger partial charge is 0.127 e. The largest absolute Gasteiger partial charge is 0.389 e. The second-order valence-corrected chi connectivity index (χ2v) is 6.70. The first-order chi connectivity index (χ1) is 9.39. The highest BCUT2D eigenvalue weighted by atomic mass is 35.5. The topological polar surface area (TPSA) is 23.5 Å². The van der Waals surface area contributed by atoms with Crippen LogP contribution in [0.5, 0.6) is 0 Å². The lowest BCUT2D eigenvalue weighted by Gasteiger charge is -2.39. The molecule has 1 heterocycles. The summed E-state index contributed by atoms with van der Waals surface area (Å²) in [7, 11) is 0. The lowest BCUT2D eigenvalue weighted by atomic mass is 9.85. The molecule has 0 atom stereocenters. The summed E-state index contributed by atoms with van der Waals surface area (Å²) in [6.45, 7) is 7.16. The van der Waals surface area contributed by atoms with Crippen LogP contribution in [0.15, 0.2) is 18.2 Å². The van der Waals surface area contributed by atoms with Gasteiger partial charge in [0.05, 0.1) is 5.60 Å². The van der Waals surface area contributed by atoms with Crippen molar-refractivity contribution in [2.45, 2.75) is 38.7 Å². The van der Waals surface area contributed by atoms with Gasteiger partial charge in [0.25, 0.3) is 0 Å². The van der Waals surface area contributed by atoms with E-state index < -0.39 is 5.60 Å². The molecule has 1 N–H and O–H groups in total. The molecule has 0 aromatic heterocycles. The Morgan fingerprint density at radius 2 is 2.00 bits per heavy atom. The zero-order valence-electron chi connectivity index (χ0n) is 12.2. The van der Waals surface area contributed by atoms with Crippen LogP contribution in [0.25, 0.3) is 0 Å². The van der Waals surface area contributed by atoms with Gasteiger partial charge in [-0.2, -0.15) is 0 Å². The number of likely N-dealkylation sites (tertiary alicyclic amines) is 1. The fourth-order valence-corrected chi connectivity index (χ4v) is 3.11. The van der Waals surface area contributed by atoms with Crippen LogP contribution in [-0.4, -0.2) is 35.2 Å². The molecule has 1 saturated heterocycles. The summed E-state index contributed by atoms with van der Waals surface area (Å²) in [5.74, 6) is 0.303. The molecule has 1 aliphatic heterocycles. The maximum Gasteiger partial charge on any atom is 0.127 e. The van der Waals surface area contributed by atoms with E-state index in [1.165, 1.54) is 6.07 Å². The molecule has 0 unspecified atom stereocenters. The molecule has 2 rings (SSSR count). The van der Waals surface area contributed by atoms with E-state index >= 15 is 0 Å². The first-order valence-corrected chi connectivity index (χ1v) is 7.65. The third-order valence-electron chi connectivity index (χ3n) is 3.98. The minimum absolute atomic E-state index is 0.300. The van der Waals surface area contributed by atoms with Crippen molar-refractivity contribution in [2.24, 2.45) is 5.92 Å². The van der Waals surface area contributed by atoms with E-state index in [0.29, 0.717) is 35.8 Å². The average molecular weight is 300 g/mol. The monoisotopic (exact) mass is 299 g/mol. The second-order valence-electron chi connectivity index (χ2n) is 6.30. The first kappa shape index (κ1) is 15.7. The number of benzene rings is 1. The number of piperidine rings is 1. The molecule has 0 radical (unpaired) electrons. The summed E-state index contributed by atoms with van der Waals surface area (Å²) in [6.07, 6.45) is 1.64. The zero-order valence-corrected chi connectivity index (χ0v) is 13.0. The van der Waals surface area contributed by atoms with Gasteiger partial charge in [-0.15, -0.1) is 0 Å². The van der Waals surface area contributed by atoms with Gasteiger partial charge in [-0.1, -0.05) is 31.5 Å². The van der Waals surface area contributed by atoms with Crippen LogP contribution in [0.2, 0.25) is 5.02 Å². The fourth-order valence-electron chi connectivity index (χ4n) is 2.88. The fraction of sp³-hybridized carbons (Fsp3) is 0.625. The lowest BCUT2D eigenvalue weighted by Crippen LogP contribution is -2.46. The second kappa shape index (κ2) is 6.42. The molecule has 1 fully saturated rings. The Morgan fingerprint density at radius 1 is 1.35 bits per heavy atom. The quantitative estimate of drug-likeness (QED) is 0.920. The molecular weight excluding hydrogens is 277 g/mol. The van der Waals surface area contributed by atoms with Gasteiger partial charge in [-0.05, 0) is 30.9 Å². The molecule has 1 aromatic carbocycles. The van der Waals surface area contributed by atoms with Crippen molar-refractivity contribution in [3.05, 3.63) is 34.6 Å². The summed E-state index contributed by atoms with van der Waals surface area (Å²) in [5.41, 5.74) is -0.395. The normalized spacial score (nSPS) is 19.5. The van der Waals surface area contributed by atoms with Crippen LogP contribution >= 0.6 is 11.6 Å². The number of hydrogen-bond acceptors (Lipinski definition) is 2. The Morgan fingerprint density at radius 3 is 2.55 bits per heavy atom. The summed E-state index contributed by atoms with van der Waals surface area (Å²) in [5, 5.41) is 11.1. The molecule has 0 saturated carbocycles. The van der Waals surface area contributed by atoms with Gasteiger partial charge in [0.2, 0.25) is 0 Å². The average Bonchev–Trinajstić information content (AvgIpc) is 2.37. The number of rotatable bonds is 4. The maximum atomic E-state index is 13.8. The van der Waals surface area contributed by atoms with Gasteiger partial charge in [0.1, 0.15) is 5.82 Å². The van der Waals surface area contributed by atoms with Crippen molar-refractivity contribution in [1.29, 1.82) is 0 Å². The summed E-state index contributed by atoms with van der Waals surface area (Å²) in [6, 6.07) is 4.67. The van der Waals surface area contributed by atoms with Crippen molar-refractivity contribution in [2.75, 3.05) is 19.6 Å². The van der Waals surface area contributed by atoms with Crippen LogP contribution in [0.3, 0.4) is 0 Å². The molecule has 20 heavy (non-hydrogen) atoms. The number of aliphatic hydroxyl groups is 1. The molecule has 112 valence electrons. The van der Waals surface area contributed by atoms with Gasteiger partial charge in [-0.3, -0.25) is 0 Å². The molecular formula is C16H23ClFNO. The molecule has 1 aliphatic rings. The SMILES string of the molecule is CC(C)CN1CCC(O)(Cc2c(F)cccc2Cl)CC1. The predicted molar refractivity (Wildman–Crippen MR) is 80.6 cm³/mol. The van der Waals surface area contributed by atoms with E-state index in [1.54, 1.807) is 12.1 Å². The van der Waals surface area contributed by atoms with Gasteiger partial charge in [-0.25, -0.2) is 4.39 Å². The highest BCUT2D eigenvalue weighted by molar-refractivity contribution is 6.31. The lowest BCUT2D eigenvalue weighted by molar-refractivity contribution is -0.0232. The van der Waals surface area contributed by atoms with E-state index in [0.717, 1.165) is 19.6 Å². The summed E-state index contributed by atoms with van der Waals surface area (Å²) < 4.78 is 13.8. The van der Waals surface area contributed by atoms with E-state index in [2.05, 4.69) is 18.7 Å². The van der Waals surface area contributed by atoms with Crippen LogP contribution in [0.4, 0.5) is 4.39 Å². The highest BCUT2D eigenvalue weighted by Crippen LogP contribution is 2.30. The van der Waals surface area contributed by atoms with Crippen molar-refractivity contribution in [3.63, 3.8) is 0 Å². The van der Waals surface area contributed by atoms with Crippen molar-refractivity contribution in [3.8, 4) is 0 Å². The Kier molecular flexibility index (Phi) is 5.05. The highest BCUT2D eigenvalue weighted by Gasteiger charge is 2.33. The maximum absolute atomic E-state index is 13.8. The predicted octanol–water partition coefficient (Wildman–Crippen LogP) is 3.50. The number of hydrogen-bond donors (Lipinski definition) is 1. The first-order valence-electron chi connectivity index (χ1n) is 7.27. The molecule has 0 aliphatic carbocycles. The van der Waals surface area contributed by atoms with Crippen molar-refractivity contribution < 1.29 is 9.50 Å². The Labute approximate surface area is 125 Å². The molecule has 0 spiro atoms. The zero-order chi connectivity index (χ0) is 14.8. The van der Waals surface area contributed by atoms with Crippen molar-refractivity contribution >= 4 is 11.6 Å². The minimum atomic E-state index is -0.834. The van der Waals surface area contributed by atoms with Gasteiger partial charge >= 0.3 is 0 Å². The molecule has 2 nitrogen and oxygen atoms in total. The van der Waals surface area contributed by atoms with Gasteiger partial charge < -0.3 is 10.0 Å². The molecule has 1 aromatic rings. The van der Waals surface area contributed by atoms with Crippen LogP contribution < -0.4 is 0 Å². The van der Waals surface area contributed by atoms with Crippen molar-refractivity contribution in [1.82, 2.24) is 4.90 Å². The third kappa shape index (κ3) is 3.94. The number of halogens is 2. The summed E-state index contributed by atoms with van der Waals surface area (Å²) >= 11 is 6.05. The van der Waals surface area contributed by atoms with Gasteiger partial charge in [0, 0.05) is 36.6 Å². The molecule has 0 amide bonds. The van der Waals surface area contributed by atoms with Crippen LogP contribution in [-0.2, 0) is 6.42 Å². The Balaban J connectivity index is 2.00. The molecule has 0 bridgehead atoms. The van der Waals surface area contributed by atoms with Crippen LogP contribution in [0.1, 0.15) is 32.3 Å². The van der Waals surface area contributed by atoms with E-state index in [1.807, 2.05) is 0 Å². The molecule has 4 heteroatoms. The minimum Gasteiger partial charge on any atom is -0.389 e. The number of nitrogens with zero attached hydrogens (tertiary/aromatic N) is 1. The standard InChI is InChI=1S/C16H23ClFNO/c1-12(2)11-19-8-6-16(20,7-9-19)10-13-14(17)4-3-5-15(13)18/h3-5,12,20H,6-11H2,1-2H3. The third-order valence-corrected chi connectivity index (χ3v) is 4.33.